The van der Waals surface area contributed by atoms with Crippen molar-refractivity contribution < 1.29 is 14.3 Å². The van der Waals surface area contributed by atoms with Gasteiger partial charge < -0.3 is 10.0 Å². The third kappa shape index (κ3) is 3.19. The first-order valence-electron chi connectivity index (χ1n) is 5.70. The lowest BCUT2D eigenvalue weighted by Crippen LogP contribution is -2.25. The summed E-state index contributed by atoms with van der Waals surface area (Å²) in [5.74, 6) is -1.48. The minimum Gasteiger partial charge on any atom is -0.478 e. The SMILES string of the molecule is CCC(C)CN(C)c1cccc(F)c1C(=O)O. The highest BCUT2D eigenvalue weighted by molar-refractivity contribution is 5.94. The summed E-state index contributed by atoms with van der Waals surface area (Å²) in [6.45, 7) is 4.86. The average molecular weight is 239 g/mol. The van der Waals surface area contributed by atoms with E-state index in [9.17, 15) is 9.18 Å². The van der Waals surface area contributed by atoms with E-state index in [0.29, 0.717) is 18.2 Å². The van der Waals surface area contributed by atoms with Crippen LogP contribution < -0.4 is 4.90 Å². The molecule has 0 aliphatic rings. The van der Waals surface area contributed by atoms with Crippen LogP contribution in [0.2, 0.25) is 0 Å². The fourth-order valence-corrected chi connectivity index (χ4v) is 1.74. The molecule has 94 valence electrons. The van der Waals surface area contributed by atoms with Crippen LogP contribution in [0, 0.1) is 11.7 Å². The Kier molecular flexibility index (Phi) is 4.49. The normalized spacial score (nSPS) is 12.2. The number of rotatable bonds is 5. The molecule has 0 aliphatic heterocycles. The molecule has 0 aromatic heterocycles. The maximum Gasteiger partial charge on any atom is 0.340 e. The van der Waals surface area contributed by atoms with E-state index < -0.39 is 11.8 Å². The average Bonchev–Trinajstić information content (AvgIpc) is 2.27. The van der Waals surface area contributed by atoms with Crippen molar-refractivity contribution in [1.82, 2.24) is 0 Å². The largest absolute Gasteiger partial charge is 0.478 e. The lowest BCUT2D eigenvalue weighted by Gasteiger charge is -2.24. The van der Waals surface area contributed by atoms with Crippen molar-refractivity contribution in [3.63, 3.8) is 0 Å². The zero-order chi connectivity index (χ0) is 13.0. The van der Waals surface area contributed by atoms with Crippen LogP contribution in [-0.4, -0.2) is 24.7 Å². The molecule has 0 spiro atoms. The molecule has 3 nitrogen and oxygen atoms in total. The van der Waals surface area contributed by atoms with E-state index in [1.165, 1.54) is 12.1 Å². The number of carboxylic acids is 1. The number of anilines is 1. The van der Waals surface area contributed by atoms with Crippen molar-refractivity contribution >= 4 is 11.7 Å². The molecule has 1 N–H and O–H groups in total. The summed E-state index contributed by atoms with van der Waals surface area (Å²) in [5.41, 5.74) is 0.177. The second-order valence-corrected chi connectivity index (χ2v) is 4.33. The van der Waals surface area contributed by atoms with Gasteiger partial charge in [-0.1, -0.05) is 26.3 Å². The lowest BCUT2D eigenvalue weighted by molar-refractivity contribution is 0.0692. The molecule has 0 amide bonds. The number of hydrogen-bond acceptors (Lipinski definition) is 2. The summed E-state index contributed by atoms with van der Waals surface area (Å²) in [6.07, 6.45) is 1.00. The van der Waals surface area contributed by atoms with Crippen LogP contribution in [0.5, 0.6) is 0 Å². The standard InChI is InChI=1S/C13H18FNO2/c1-4-9(2)8-15(3)11-7-5-6-10(14)12(11)13(16)17/h5-7,9H,4,8H2,1-3H3,(H,16,17). The summed E-state index contributed by atoms with van der Waals surface area (Å²) < 4.78 is 13.5. The van der Waals surface area contributed by atoms with Gasteiger partial charge in [0.25, 0.3) is 0 Å². The van der Waals surface area contributed by atoms with Crippen molar-refractivity contribution in [2.45, 2.75) is 20.3 Å². The molecule has 1 rings (SSSR count). The molecule has 0 aliphatic carbocycles. The molecular weight excluding hydrogens is 221 g/mol. The Balaban J connectivity index is 3.04. The number of carboxylic acid groups (broad SMARTS) is 1. The Morgan fingerprint density at radius 1 is 1.53 bits per heavy atom. The maximum atomic E-state index is 13.5. The van der Waals surface area contributed by atoms with E-state index in [0.717, 1.165) is 6.42 Å². The molecule has 0 saturated carbocycles. The highest BCUT2D eigenvalue weighted by atomic mass is 19.1. The van der Waals surface area contributed by atoms with E-state index in [-0.39, 0.29) is 5.56 Å². The van der Waals surface area contributed by atoms with Crippen LogP contribution in [0.15, 0.2) is 18.2 Å². The van der Waals surface area contributed by atoms with Gasteiger partial charge in [0.15, 0.2) is 0 Å². The lowest BCUT2D eigenvalue weighted by atomic mass is 10.1. The van der Waals surface area contributed by atoms with E-state index in [2.05, 4.69) is 13.8 Å². The van der Waals surface area contributed by atoms with Gasteiger partial charge in [-0.3, -0.25) is 0 Å². The zero-order valence-corrected chi connectivity index (χ0v) is 10.4. The predicted octanol–water partition coefficient (Wildman–Crippen LogP) is 3.01. The van der Waals surface area contributed by atoms with Gasteiger partial charge in [0.2, 0.25) is 0 Å². The van der Waals surface area contributed by atoms with Crippen LogP contribution in [0.1, 0.15) is 30.6 Å². The molecule has 1 aromatic carbocycles. The van der Waals surface area contributed by atoms with E-state index in [1.54, 1.807) is 18.0 Å². The fraction of sp³-hybridized carbons (Fsp3) is 0.462. The minimum absolute atomic E-state index is 0.252. The van der Waals surface area contributed by atoms with Gasteiger partial charge in [0.1, 0.15) is 11.4 Å². The van der Waals surface area contributed by atoms with Crippen molar-refractivity contribution in [2.75, 3.05) is 18.5 Å². The Morgan fingerprint density at radius 2 is 2.18 bits per heavy atom. The summed E-state index contributed by atoms with van der Waals surface area (Å²) in [7, 11) is 1.79. The van der Waals surface area contributed by atoms with Gasteiger partial charge in [-0.15, -0.1) is 0 Å². The molecule has 17 heavy (non-hydrogen) atoms. The second kappa shape index (κ2) is 5.66. The molecule has 0 bridgehead atoms. The van der Waals surface area contributed by atoms with E-state index >= 15 is 0 Å². The number of carbonyl (C=O) groups is 1. The van der Waals surface area contributed by atoms with Crippen LogP contribution in [0.3, 0.4) is 0 Å². The number of nitrogens with zero attached hydrogens (tertiary/aromatic N) is 1. The summed E-state index contributed by atoms with van der Waals surface area (Å²) in [5, 5.41) is 9.02. The highest BCUT2D eigenvalue weighted by Gasteiger charge is 2.18. The molecule has 0 saturated heterocycles. The Morgan fingerprint density at radius 3 is 2.71 bits per heavy atom. The Hall–Kier alpha value is -1.58. The van der Waals surface area contributed by atoms with Crippen LogP contribution in [0.25, 0.3) is 0 Å². The summed E-state index contributed by atoms with van der Waals surface area (Å²) >= 11 is 0. The Bertz CT molecular complexity index is 406. The number of benzene rings is 1. The predicted molar refractivity (Wildman–Crippen MR) is 66.1 cm³/mol. The van der Waals surface area contributed by atoms with Crippen molar-refractivity contribution in [1.29, 1.82) is 0 Å². The van der Waals surface area contributed by atoms with E-state index in [4.69, 9.17) is 5.11 Å². The maximum absolute atomic E-state index is 13.5. The first kappa shape index (κ1) is 13.5. The number of aromatic carboxylic acids is 1. The van der Waals surface area contributed by atoms with E-state index in [1.807, 2.05) is 0 Å². The smallest absolute Gasteiger partial charge is 0.340 e. The third-order valence-corrected chi connectivity index (χ3v) is 2.90. The van der Waals surface area contributed by atoms with Gasteiger partial charge >= 0.3 is 5.97 Å². The first-order chi connectivity index (χ1) is 7.97. The fourth-order valence-electron chi connectivity index (χ4n) is 1.74. The zero-order valence-electron chi connectivity index (χ0n) is 10.4. The molecule has 0 radical (unpaired) electrons. The quantitative estimate of drug-likeness (QED) is 0.858. The molecule has 1 aromatic rings. The summed E-state index contributed by atoms with van der Waals surface area (Å²) in [6, 6.07) is 4.34. The molecule has 1 atom stereocenters. The van der Waals surface area contributed by atoms with Gasteiger partial charge in [-0.25, -0.2) is 9.18 Å². The number of halogens is 1. The highest BCUT2D eigenvalue weighted by Crippen LogP contribution is 2.23. The molecule has 4 heteroatoms. The van der Waals surface area contributed by atoms with Crippen molar-refractivity contribution in [3.05, 3.63) is 29.6 Å². The monoisotopic (exact) mass is 239 g/mol. The van der Waals surface area contributed by atoms with Crippen LogP contribution in [-0.2, 0) is 0 Å². The first-order valence-corrected chi connectivity index (χ1v) is 5.70. The van der Waals surface area contributed by atoms with Crippen molar-refractivity contribution in [2.24, 2.45) is 5.92 Å². The summed E-state index contributed by atoms with van der Waals surface area (Å²) in [4.78, 5) is 12.8. The van der Waals surface area contributed by atoms with Gasteiger partial charge in [-0.2, -0.15) is 0 Å². The van der Waals surface area contributed by atoms with Gasteiger partial charge in [0.05, 0.1) is 5.69 Å². The van der Waals surface area contributed by atoms with Gasteiger partial charge in [0, 0.05) is 13.6 Å². The molecular formula is C13H18FNO2. The minimum atomic E-state index is -1.23. The van der Waals surface area contributed by atoms with Crippen LogP contribution >= 0.6 is 0 Å². The van der Waals surface area contributed by atoms with Gasteiger partial charge in [-0.05, 0) is 18.1 Å². The Labute approximate surface area is 101 Å². The molecule has 1 unspecified atom stereocenters. The third-order valence-electron chi connectivity index (χ3n) is 2.90. The topological polar surface area (TPSA) is 40.5 Å². The molecule has 0 heterocycles. The van der Waals surface area contributed by atoms with Crippen LogP contribution in [0.4, 0.5) is 10.1 Å². The van der Waals surface area contributed by atoms with Crippen molar-refractivity contribution in [3.8, 4) is 0 Å². The number of hydrogen-bond donors (Lipinski definition) is 1. The second-order valence-electron chi connectivity index (χ2n) is 4.33. The molecule has 0 fully saturated rings.